The van der Waals surface area contributed by atoms with Gasteiger partial charge in [0.25, 0.3) is 0 Å². The molecule has 0 bridgehead atoms. The minimum absolute atomic E-state index is 0.614. The van der Waals surface area contributed by atoms with Gasteiger partial charge >= 0.3 is 0 Å². The number of benzene rings is 9. The molecule has 2 aromatic heterocycles. The van der Waals surface area contributed by atoms with E-state index in [4.69, 9.17) is 13.8 Å². The molecule has 0 amide bonds. The van der Waals surface area contributed by atoms with Crippen LogP contribution in [0, 0.1) is 0 Å². The van der Waals surface area contributed by atoms with Crippen LogP contribution >= 0.6 is 0 Å². The van der Waals surface area contributed by atoms with Crippen LogP contribution in [-0.4, -0.2) is 4.98 Å². The topological polar surface area (TPSA) is 42.4 Å². The molecule has 0 radical (unpaired) electrons. The molecule has 268 valence electrons. The van der Waals surface area contributed by atoms with Gasteiger partial charge in [-0.2, -0.15) is 0 Å². The molecule has 11 aromatic rings. The summed E-state index contributed by atoms with van der Waals surface area (Å²) >= 11 is 0. The summed E-state index contributed by atoms with van der Waals surface area (Å²) in [4.78, 5) is 7.27. The Kier molecular flexibility index (Phi) is 7.78. The number of hydrogen-bond acceptors (Lipinski definition) is 4. The molecule has 0 N–H and O–H groups in total. The lowest BCUT2D eigenvalue weighted by Crippen LogP contribution is -2.09. The fourth-order valence-electron chi connectivity index (χ4n) is 8.14. The number of oxazole rings is 1. The lowest BCUT2D eigenvalue weighted by atomic mass is 9.94. The number of para-hydroxylation sites is 2. The van der Waals surface area contributed by atoms with E-state index in [-0.39, 0.29) is 0 Å². The Morgan fingerprint density at radius 1 is 0.333 bits per heavy atom. The first-order valence-electron chi connectivity index (χ1n) is 19.2. The summed E-state index contributed by atoms with van der Waals surface area (Å²) in [6, 6.07) is 72.2. The SMILES string of the molecule is c1ccc(-c2ccc(N(c3ccccc3)c3ccc(-c4cc5c6cc(-c7cccc8oc(-c9ccccc9)nc78)ccc6oc5c5ccccc45)cc3)cc2)cc1. The summed E-state index contributed by atoms with van der Waals surface area (Å²) in [5.74, 6) is 0.614. The van der Waals surface area contributed by atoms with E-state index in [1.54, 1.807) is 0 Å². The van der Waals surface area contributed by atoms with Crippen LogP contribution in [0.25, 0.3) is 88.6 Å². The first-order valence-corrected chi connectivity index (χ1v) is 19.2. The van der Waals surface area contributed by atoms with E-state index in [0.29, 0.717) is 5.89 Å². The largest absolute Gasteiger partial charge is 0.455 e. The molecule has 0 aliphatic carbocycles. The minimum atomic E-state index is 0.614. The van der Waals surface area contributed by atoms with Gasteiger partial charge in [0.05, 0.1) is 0 Å². The predicted octanol–water partition coefficient (Wildman–Crippen LogP) is 15.0. The maximum Gasteiger partial charge on any atom is 0.227 e. The number of nitrogens with zero attached hydrogens (tertiary/aromatic N) is 2. The zero-order valence-corrected chi connectivity index (χ0v) is 30.8. The van der Waals surface area contributed by atoms with Crippen molar-refractivity contribution in [3.05, 3.63) is 206 Å². The van der Waals surface area contributed by atoms with Gasteiger partial charge in [0.15, 0.2) is 5.58 Å². The van der Waals surface area contributed by atoms with E-state index in [1.165, 1.54) is 11.1 Å². The van der Waals surface area contributed by atoms with E-state index in [9.17, 15) is 0 Å². The Morgan fingerprint density at radius 3 is 1.63 bits per heavy atom. The van der Waals surface area contributed by atoms with E-state index in [0.717, 1.165) is 88.7 Å². The average Bonchev–Trinajstić information content (AvgIpc) is 3.90. The van der Waals surface area contributed by atoms with E-state index in [2.05, 4.69) is 169 Å². The standard InChI is InChI=1S/C53H34N2O2/c1-4-13-35(14-5-1)36-23-28-41(29-24-36)55(40-17-8-3-9-18-40)42-30-25-37(26-31-42)46-34-48-47-33-39(27-32-49(47)56-52(48)45-20-11-10-19-44(45)46)43-21-12-22-50-51(43)54-53(57-50)38-15-6-2-7-16-38/h1-34H. The molecule has 0 saturated carbocycles. The van der Waals surface area contributed by atoms with Gasteiger partial charge in [0.1, 0.15) is 16.7 Å². The highest BCUT2D eigenvalue weighted by Crippen LogP contribution is 2.43. The Hall–Kier alpha value is -7.69. The second-order valence-electron chi connectivity index (χ2n) is 14.3. The number of anilines is 3. The zero-order chi connectivity index (χ0) is 37.7. The maximum absolute atomic E-state index is 6.64. The van der Waals surface area contributed by atoms with Gasteiger partial charge in [-0.05, 0) is 106 Å². The van der Waals surface area contributed by atoms with Crippen LogP contribution in [-0.2, 0) is 0 Å². The fourth-order valence-corrected chi connectivity index (χ4v) is 8.14. The lowest BCUT2D eigenvalue weighted by molar-refractivity contribution is 0.620. The van der Waals surface area contributed by atoms with E-state index in [1.807, 2.05) is 42.5 Å². The van der Waals surface area contributed by atoms with Crippen LogP contribution in [0.4, 0.5) is 17.1 Å². The molecular formula is C53H34N2O2. The van der Waals surface area contributed by atoms with Gasteiger partial charge in [0, 0.05) is 44.3 Å². The van der Waals surface area contributed by atoms with Crippen LogP contribution in [0.15, 0.2) is 215 Å². The van der Waals surface area contributed by atoms with Crippen LogP contribution in [0.1, 0.15) is 0 Å². The normalized spacial score (nSPS) is 11.5. The fraction of sp³-hybridized carbons (Fsp3) is 0. The summed E-state index contributed by atoms with van der Waals surface area (Å²) in [6.45, 7) is 0. The van der Waals surface area contributed by atoms with Crippen molar-refractivity contribution in [1.29, 1.82) is 0 Å². The summed E-state index contributed by atoms with van der Waals surface area (Å²) < 4.78 is 12.9. The molecule has 57 heavy (non-hydrogen) atoms. The van der Waals surface area contributed by atoms with Crippen LogP contribution in [0.5, 0.6) is 0 Å². The Balaban J connectivity index is 1.01. The number of aromatic nitrogens is 1. The van der Waals surface area contributed by atoms with Crippen LogP contribution in [0.2, 0.25) is 0 Å². The summed E-state index contributed by atoms with van der Waals surface area (Å²) in [5.41, 5.74) is 14.3. The van der Waals surface area contributed by atoms with Crippen LogP contribution < -0.4 is 4.90 Å². The lowest BCUT2D eigenvalue weighted by Gasteiger charge is -2.26. The maximum atomic E-state index is 6.64. The molecule has 0 fully saturated rings. The molecule has 0 unspecified atom stereocenters. The number of rotatable bonds is 7. The molecule has 0 atom stereocenters. The monoisotopic (exact) mass is 730 g/mol. The van der Waals surface area contributed by atoms with Gasteiger partial charge in [-0.25, -0.2) is 4.98 Å². The second kappa shape index (κ2) is 13.6. The van der Waals surface area contributed by atoms with Crippen molar-refractivity contribution in [1.82, 2.24) is 4.98 Å². The molecule has 4 heteroatoms. The molecule has 0 aliphatic rings. The zero-order valence-electron chi connectivity index (χ0n) is 30.8. The molecule has 9 aromatic carbocycles. The number of furan rings is 1. The molecule has 0 saturated heterocycles. The third kappa shape index (κ3) is 5.74. The molecule has 2 heterocycles. The van der Waals surface area contributed by atoms with Gasteiger partial charge < -0.3 is 13.7 Å². The first kappa shape index (κ1) is 32.7. The van der Waals surface area contributed by atoms with Crippen molar-refractivity contribution >= 4 is 60.9 Å². The highest BCUT2D eigenvalue weighted by atomic mass is 16.3. The highest BCUT2D eigenvalue weighted by molar-refractivity contribution is 6.19. The van der Waals surface area contributed by atoms with Gasteiger partial charge in [0.2, 0.25) is 5.89 Å². The summed E-state index contributed by atoms with van der Waals surface area (Å²) in [5, 5.41) is 4.37. The van der Waals surface area contributed by atoms with Crippen molar-refractivity contribution in [3.8, 4) is 44.8 Å². The summed E-state index contributed by atoms with van der Waals surface area (Å²) in [7, 11) is 0. The average molecular weight is 731 g/mol. The van der Waals surface area contributed by atoms with Crippen molar-refractivity contribution in [2.45, 2.75) is 0 Å². The van der Waals surface area contributed by atoms with Crippen molar-refractivity contribution in [2.75, 3.05) is 4.90 Å². The molecule has 4 nitrogen and oxygen atoms in total. The highest BCUT2D eigenvalue weighted by Gasteiger charge is 2.19. The van der Waals surface area contributed by atoms with Crippen molar-refractivity contribution in [2.24, 2.45) is 0 Å². The third-order valence-electron chi connectivity index (χ3n) is 10.9. The van der Waals surface area contributed by atoms with Gasteiger partial charge in [-0.1, -0.05) is 133 Å². The first-order chi connectivity index (χ1) is 28.2. The van der Waals surface area contributed by atoms with Crippen molar-refractivity contribution in [3.63, 3.8) is 0 Å². The quantitative estimate of drug-likeness (QED) is 0.164. The van der Waals surface area contributed by atoms with Crippen LogP contribution in [0.3, 0.4) is 0 Å². The smallest absolute Gasteiger partial charge is 0.227 e. The number of fused-ring (bicyclic) bond motifs is 6. The van der Waals surface area contributed by atoms with E-state index < -0.39 is 0 Å². The predicted molar refractivity (Wildman–Crippen MR) is 235 cm³/mol. The summed E-state index contributed by atoms with van der Waals surface area (Å²) in [6.07, 6.45) is 0. The molecule has 0 aliphatic heterocycles. The molecule has 11 rings (SSSR count). The number of hydrogen-bond donors (Lipinski definition) is 0. The Labute approximate surface area is 329 Å². The van der Waals surface area contributed by atoms with Gasteiger partial charge in [-0.15, -0.1) is 0 Å². The molecular weight excluding hydrogens is 697 g/mol. The molecule has 0 spiro atoms. The minimum Gasteiger partial charge on any atom is -0.455 e. The third-order valence-corrected chi connectivity index (χ3v) is 10.9. The van der Waals surface area contributed by atoms with Crippen molar-refractivity contribution < 1.29 is 8.83 Å². The second-order valence-corrected chi connectivity index (χ2v) is 14.3. The van der Waals surface area contributed by atoms with E-state index >= 15 is 0 Å². The van der Waals surface area contributed by atoms with Gasteiger partial charge in [-0.3, -0.25) is 0 Å². The Bertz CT molecular complexity index is 3200. The Morgan fingerprint density at radius 2 is 0.912 bits per heavy atom.